The molecule has 2 aliphatic heterocycles. The van der Waals surface area contributed by atoms with Crippen molar-refractivity contribution in [3.63, 3.8) is 0 Å². The Hall–Kier alpha value is -0.610. The van der Waals surface area contributed by atoms with Gasteiger partial charge in [0.2, 0.25) is 5.91 Å². The van der Waals surface area contributed by atoms with Gasteiger partial charge in [-0.2, -0.15) is 0 Å². The number of nitrogens with one attached hydrogen (secondary N) is 2. The van der Waals surface area contributed by atoms with Crippen LogP contribution >= 0.6 is 24.0 Å². The lowest BCUT2D eigenvalue weighted by Crippen LogP contribution is -2.68. The molecule has 0 aromatic heterocycles. The number of guanidine groups is 1. The highest BCUT2D eigenvalue weighted by atomic mass is 127. The first-order valence-electron chi connectivity index (χ1n) is 11.1. The Labute approximate surface area is 192 Å². The van der Waals surface area contributed by atoms with Gasteiger partial charge in [0, 0.05) is 76.2 Å². The highest BCUT2D eigenvalue weighted by Crippen LogP contribution is 2.52. The van der Waals surface area contributed by atoms with Crippen LogP contribution in [0.4, 0.5) is 0 Å². The second kappa shape index (κ2) is 9.68. The average Bonchev–Trinajstić information content (AvgIpc) is 3.10. The Bertz CT molecular complexity index is 602. The van der Waals surface area contributed by atoms with Crippen molar-refractivity contribution < 1.29 is 9.53 Å². The molecule has 0 aromatic carbocycles. The van der Waals surface area contributed by atoms with E-state index in [1.54, 1.807) is 0 Å². The molecule has 2 saturated carbocycles. The van der Waals surface area contributed by atoms with Crippen LogP contribution in [0.5, 0.6) is 0 Å². The molecule has 4 aliphatic rings. The molecule has 3 unspecified atom stereocenters. The summed E-state index contributed by atoms with van der Waals surface area (Å²) >= 11 is 0. The van der Waals surface area contributed by atoms with Crippen molar-refractivity contribution in [1.82, 2.24) is 20.4 Å². The van der Waals surface area contributed by atoms with Crippen molar-refractivity contribution in [3.05, 3.63) is 0 Å². The Morgan fingerprint density at radius 1 is 1.17 bits per heavy atom. The van der Waals surface area contributed by atoms with Crippen molar-refractivity contribution in [2.75, 3.05) is 52.9 Å². The number of ether oxygens (including phenoxy) is 1. The lowest BCUT2D eigenvalue weighted by Gasteiger charge is -2.54. The van der Waals surface area contributed by atoms with Gasteiger partial charge in [-0.05, 0) is 19.3 Å². The largest absolute Gasteiger partial charge is 0.377 e. The molecular formula is C21H38IN5O2. The molecule has 29 heavy (non-hydrogen) atoms. The van der Waals surface area contributed by atoms with Crippen LogP contribution in [0.3, 0.4) is 0 Å². The summed E-state index contributed by atoms with van der Waals surface area (Å²) in [7, 11) is 1.84. The normalized spacial score (nSPS) is 31.9. The molecule has 2 saturated heterocycles. The smallest absolute Gasteiger partial charge is 0.225 e. The van der Waals surface area contributed by atoms with E-state index in [2.05, 4.69) is 39.3 Å². The van der Waals surface area contributed by atoms with Crippen molar-refractivity contribution in [2.24, 2.45) is 22.2 Å². The van der Waals surface area contributed by atoms with E-state index < -0.39 is 0 Å². The molecule has 3 atom stereocenters. The van der Waals surface area contributed by atoms with Gasteiger partial charge < -0.3 is 20.3 Å². The van der Waals surface area contributed by atoms with Gasteiger partial charge in [-0.1, -0.05) is 20.3 Å². The van der Waals surface area contributed by atoms with Gasteiger partial charge in [0.25, 0.3) is 0 Å². The number of hydrogen-bond donors (Lipinski definition) is 2. The Balaban J connectivity index is 0.00000240. The second-order valence-electron chi connectivity index (χ2n) is 9.48. The fraction of sp³-hybridized carbons (Fsp3) is 0.905. The highest BCUT2D eigenvalue weighted by Gasteiger charge is 2.59. The third-order valence-electron chi connectivity index (χ3n) is 7.48. The fourth-order valence-electron chi connectivity index (χ4n) is 5.40. The van der Waals surface area contributed by atoms with Gasteiger partial charge in [0.05, 0.1) is 6.10 Å². The SMILES string of the molecule is CN=C(NCCN1CCN(C(=O)C2CCC2)CC1)NC1C2CCOC2C1(C)C.I. The fourth-order valence-corrected chi connectivity index (χ4v) is 5.40. The molecule has 0 spiro atoms. The standard InChI is InChI=1S/C21H37N5O2.HI/c1-21(2)17(16-7-14-28-18(16)21)24-20(22-3)23-8-9-25-10-12-26(13-11-25)19(27)15-5-4-6-15;/h15-18H,4-14H2,1-3H3,(H2,22,23,24);1H. The molecule has 0 radical (unpaired) electrons. The van der Waals surface area contributed by atoms with Crippen LogP contribution in [0, 0.1) is 17.3 Å². The van der Waals surface area contributed by atoms with E-state index >= 15 is 0 Å². The molecule has 2 aliphatic carbocycles. The molecular weight excluding hydrogens is 481 g/mol. The summed E-state index contributed by atoms with van der Waals surface area (Å²) in [5.74, 6) is 2.21. The summed E-state index contributed by atoms with van der Waals surface area (Å²) in [5, 5.41) is 7.12. The number of piperazine rings is 1. The van der Waals surface area contributed by atoms with Gasteiger partial charge in [-0.3, -0.25) is 14.7 Å². The lowest BCUT2D eigenvalue weighted by molar-refractivity contribution is -0.139. The first-order valence-corrected chi connectivity index (χ1v) is 11.1. The first-order chi connectivity index (χ1) is 13.5. The van der Waals surface area contributed by atoms with Crippen LogP contribution in [0.25, 0.3) is 0 Å². The number of fused-ring (bicyclic) bond motifs is 1. The third kappa shape index (κ3) is 4.69. The number of hydrogen-bond acceptors (Lipinski definition) is 4. The number of nitrogens with zero attached hydrogens (tertiary/aromatic N) is 3. The summed E-state index contributed by atoms with van der Waals surface area (Å²) in [4.78, 5) is 21.3. The first kappa shape index (κ1) is 23.1. The summed E-state index contributed by atoms with van der Waals surface area (Å²) in [6.07, 6.45) is 4.96. The summed E-state index contributed by atoms with van der Waals surface area (Å²) in [6, 6.07) is 0.423. The molecule has 166 valence electrons. The molecule has 8 heteroatoms. The van der Waals surface area contributed by atoms with E-state index in [0.29, 0.717) is 29.9 Å². The Kier molecular flexibility index (Phi) is 7.70. The maximum atomic E-state index is 12.4. The molecule has 0 aromatic rings. The number of carbonyl (C=O) groups excluding carboxylic acids is 1. The van der Waals surface area contributed by atoms with Crippen LogP contribution in [0.1, 0.15) is 39.5 Å². The van der Waals surface area contributed by atoms with E-state index in [0.717, 1.165) is 71.1 Å². The minimum Gasteiger partial charge on any atom is -0.377 e. The van der Waals surface area contributed by atoms with Gasteiger partial charge >= 0.3 is 0 Å². The van der Waals surface area contributed by atoms with Crippen LogP contribution in [0.2, 0.25) is 0 Å². The van der Waals surface area contributed by atoms with E-state index in [1.165, 1.54) is 6.42 Å². The number of rotatable bonds is 5. The molecule has 1 amide bonds. The number of amides is 1. The van der Waals surface area contributed by atoms with Crippen LogP contribution < -0.4 is 10.6 Å². The zero-order valence-corrected chi connectivity index (χ0v) is 20.5. The molecule has 2 N–H and O–H groups in total. The second-order valence-corrected chi connectivity index (χ2v) is 9.48. The highest BCUT2D eigenvalue weighted by molar-refractivity contribution is 14.0. The summed E-state index contributed by atoms with van der Waals surface area (Å²) < 4.78 is 5.89. The molecule has 2 heterocycles. The number of aliphatic imine (C=N–C) groups is 1. The van der Waals surface area contributed by atoms with Gasteiger partial charge in [-0.15, -0.1) is 24.0 Å². The van der Waals surface area contributed by atoms with Crippen LogP contribution in [-0.2, 0) is 9.53 Å². The van der Waals surface area contributed by atoms with E-state index in [4.69, 9.17) is 4.74 Å². The molecule has 7 nitrogen and oxygen atoms in total. The minimum absolute atomic E-state index is 0. The van der Waals surface area contributed by atoms with Crippen molar-refractivity contribution in [1.29, 1.82) is 0 Å². The van der Waals surface area contributed by atoms with Crippen LogP contribution in [-0.4, -0.2) is 86.7 Å². The quantitative estimate of drug-likeness (QED) is 0.328. The summed E-state index contributed by atoms with van der Waals surface area (Å²) in [6.45, 7) is 11.0. The molecule has 4 fully saturated rings. The lowest BCUT2D eigenvalue weighted by atomic mass is 9.57. The third-order valence-corrected chi connectivity index (χ3v) is 7.48. The Morgan fingerprint density at radius 2 is 1.90 bits per heavy atom. The summed E-state index contributed by atoms with van der Waals surface area (Å²) in [5.41, 5.74) is 0.155. The van der Waals surface area contributed by atoms with Gasteiger partial charge in [0.1, 0.15) is 0 Å². The predicted molar refractivity (Wildman–Crippen MR) is 126 cm³/mol. The topological polar surface area (TPSA) is 69.2 Å². The van der Waals surface area contributed by atoms with Crippen LogP contribution in [0.15, 0.2) is 4.99 Å². The van der Waals surface area contributed by atoms with Crippen molar-refractivity contribution in [2.45, 2.75) is 51.7 Å². The van der Waals surface area contributed by atoms with Crippen molar-refractivity contribution >= 4 is 35.8 Å². The van der Waals surface area contributed by atoms with Gasteiger partial charge in [0.15, 0.2) is 5.96 Å². The average molecular weight is 519 g/mol. The van der Waals surface area contributed by atoms with E-state index in [1.807, 2.05) is 7.05 Å². The predicted octanol–water partition coefficient (Wildman–Crippen LogP) is 1.53. The zero-order chi connectivity index (χ0) is 19.7. The zero-order valence-electron chi connectivity index (χ0n) is 18.2. The van der Waals surface area contributed by atoms with E-state index in [9.17, 15) is 4.79 Å². The molecule has 0 bridgehead atoms. The maximum Gasteiger partial charge on any atom is 0.225 e. The maximum absolute atomic E-state index is 12.4. The van der Waals surface area contributed by atoms with E-state index in [-0.39, 0.29) is 29.4 Å². The molecule has 4 rings (SSSR count). The minimum atomic E-state index is 0. The monoisotopic (exact) mass is 519 g/mol. The van der Waals surface area contributed by atoms with Crippen molar-refractivity contribution in [3.8, 4) is 0 Å². The van der Waals surface area contributed by atoms with Gasteiger partial charge in [-0.25, -0.2) is 0 Å². The number of carbonyl (C=O) groups is 1. The Morgan fingerprint density at radius 3 is 2.52 bits per heavy atom. The number of halogens is 1.